The highest BCUT2D eigenvalue weighted by atomic mass is 35.5. The molecule has 0 amide bonds. The van der Waals surface area contributed by atoms with E-state index >= 15 is 0 Å². The van der Waals surface area contributed by atoms with Crippen LogP contribution in [0.2, 0.25) is 0 Å². The van der Waals surface area contributed by atoms with Crippen molar-refractivity contribution in [1.29, 1.82) is 0 Å². The molecule has 0 heterocycles. The predicted molar refractivity (Wildman–Crippen MR) is 51.2 cm³/mol. The fourth-order valence-electron chi connectivity index (χ4n) is 1.56. The van der Waals surface area contributed by atoms with Crippen molar-refractivity contribution in [2.24, 2.45) is 5.73 Å². The first kappa shape index (κ1) is 10.0. The van der Waals surface area contributed by atoms with Gasteiger partial charge < -0.3 is 10.5 Å². The monoisotopic (exact) mass is 189 g/mol. The Morgan fingerprint density at radius 2 is 2.33 bits per heavy atom. The average Bonchev–Trinajstić information content (AvgIpc) is 2.05. The largest absolute Gasteiger partial charge is 0.374 e. The first-order valence-corrected chi connectivity index (χ1v) is 4.89. The van der Waals surface area contributed by atoms with E-state index in [2.05, 4.69) is 0 Å². The van der Waals surface area contributed by atoms with E-state index in [0.717, 1.165) is 19.3 Å². The summed E-state index contributed by atoms with van der Waals surface area (Å²) in [7, 11) is 0. The summed E-state index contributed by atoms with van der Waals surface area (Å²) in [6.45, 7) is 0.612. The number of halogens is 1. The normalized spacial score (nSPS) is 31.2. The molecule has 0 saturated heterocycles. The molecule has 3 heteroatoms. The van der Waals surface area contributed by atoms with Gasteiger partial charge in [-0.15, -0.1) is 0 Å². The van der Waals surface area contributed by atoms with Gasteiger partial charge in [-0.1, -0.05) is 11.6 Å². The number of nitrogens with two attached hydrogens (primary N) is 1. The molecule has 70 valence electrons. The lowest BCUT2D eigenvalue weighted by atomic mass is 9.94. The summed E-state index contributed by atoms with van der Waals surface area (Å²) in [5.74, 6) is 0. The Morgan fingerprint density at radius 3 is 3.00 bits per heavy atom. The van der Waals surface area contributed by atoms with Crippen molar-refractivity contribution in [2.75, 3.05) is 6.61 Å². The summed E-state index contributed by atoms with van der Waals surface area (Å²) in [6, 6.07) is 0.337. The van der Waals surface area contributed by atoms with Gasteiger partial charge in [-0.2, -0.15) is 0 Å². The van der Waals surface area contributed by atoms with Gasteiger partial charge in [-0.25, -0.2) is 0 Å². The second-order valence-corrected chi connectivity index (χ2v) is 3.50. The molecular formula is C9H16ClNO. The van der Waals surface area contributed by atoms with E-state index in [1.54, 1.807) is 0 Å². The number of hydrogen-bond donors (Lipinski definition) is 1. The Bertz CT molecular complexity index is 149. The minimum atomic E-state index is 0.337. The second-order valence-electron chi connectivity index (χ2n) is 3.24. The van der Waals surface area contributed by atoms with Gasteiger partial charge in [0.25, 0.3) is 0 Å². The summed E-state index contributed by atoms with van der Waals surface area (Å²) >= 11 is 5.36. The van der Waals surface area contributed by atoms with Gasteiger partial charge in [0.15, 0.2) is 0 Å². The summed E-state index contributed by atoms with van der Waals surface area (Å²) < 4.78 is 5.54. The minimum absolute atomic E-state index is 0.337. The molecular weight excluding hydrogens is 174 g/mol. The Hall–Kier alpha value is -0.0500. The average molecular weight is 190 g/mol. The maximum Gasteiger partial charge on any atom is 0.0662 e. The van der Waals surface area contributed by atoms with E-state index in [1.165, 1.54) is 12.0 Å². The van der Waals surface area contributed by atoms with Crippen LogP contribution in [0.4, 0.5) is 0 Å². The third-order valence-corrected chi connectivity index (χ3v) is 2.36. The molecule has 0 aromatic heterocycles. The first-order valence-electron chi connectivity index (χ1n) is 4.45. The molecule has 12 heavy (non-hydrogen) atoms. The van der Waals surface area contributed by atoms with Gasteiger partial charge in [-0.05, 0) is 31.8 Å². The fraction of sp³-hybridized carbons (Fsp3) is 0.778. The predicted octanol–water partition coefficient (Wildman–Crippen LogP) is 2.03. The molecule has 2 atom stereocenters. The molecule has 1 fully saturated rings. The summed E-state index contributed by atoms with van der Waals surface area (Å²) in [6.07, 6.45) is 6.63. The van der Waals surface area contributed by atoms with E-state index in [1.807, 2.05) is 6.08 Å². The van der Waals surface area contributed by atoms with Gasteiger partial charge in [-0.3, -0.25) is 0 Å². The standard InChI is InChI=1S/C9H16ClNO/c10-5-2-6-12-9-4-1-3-8(11)7-9/h2,5,8-9H,1,3-4,6-7,11H2. The van der Waals surface area contributed by atoms with Crippen molar-refractivity contribution in [2.45, 2.75) is 37.8 Å². The fourth-order valence-corrected chi connectivity index (χ4v) is 1.63. The molecule has 1 saturated carbocycles. The number of rotatable bonds is 3. The molecule has 0 bridgehead atoms. The second kappa shape index (κ2) is 5.57. The van der Waals surface area contributed by atoms with Crippen LogP contribution in [-0.2, 0) is 4.74 Å². The number of ether oxygens (including phenoxy) is 1. The van der Waals surface area contributed by atoms with Crippen molar-refractivity contribution in [1.82, 2.24) is 0 Å². The highest BCUT2D eigenvalue weighted by Crippen LogP contribution is 2.19. The zero-order valence-electron chi connectivity index (χ0n) is 7.21. The van der Waals surface area contributed by atoms with Gasteiger partial charge in [0.2, 0.25) is 0 Å². The molecule has 0 aromatic carbocycles. The van der Waals surface area contributed by atoms with Crippen molar-refractivity contribution < 1.29 is 4.74 Å². The first-order chi connectivity index (χ1) is 5.83. The van der Waals surface area contributed by atoms with E-state index in [9.17, 15) is 0 Å². The Balaban J connectivity index is 2.14. The van der Waals surface area contributed by atoms with E-state index < -0.39 is 0 Å². The van der Waals surface area contributed by atoms with Gasteiger partial charge in [0, 0.05) is 11.6 Å². The SMILES string of the molecule is NC1CCCC(OCC=CCl)C1. The Labute approximate surface area is 78.7 Å². The van der Waals surface area contributed by atoms with Gasteiger partial charge in [0.1, 0.15) is 0 Å². The maximum absolute atomic E-state index is 5.81. The van der Waals surface area contributed by atoms with E-state index in [0.29, 0.717) is 18.8 Å². The van der Waals surface area contributed by atoms with E-state index in [-0.39, 0.29) is 0 Å². The Morgan fingerprint density at radius 1 is 1.50 bits per heavy atom. The summed E-state index contributed by atoms with van der Waals surface area (Å²) in [4.78, 5) is 0. The van der Waals surface area contributed by atoms with Crippen LogP contribution in [0.5, 0.6) is 0 Å². The van der Waals surface area contributed by atoms with Gasteiger partial charge >= 0.3 is 0 Å². The molecule has 0 aliphatic heterocycles. The lowest BCUT2D eigenvalue weighted by molar-refractivity contribution is 0.0411. The zero-order valence-corrected chi connectivity index (χ0v) is 7.96. The van der Waals surface area contributed by atoms with E-state index in [4.69, 9.17) is 22.1 Å². The van der Waals surface area contributed by atoms with Crippen LogP contribution in [0.3, 0.4) is 0 Å². The molecule has 1 rings (SSSR count). The smallest absolute Gasteiger partial charge is 0.0662 e. The lowest BCUT2D eigenvalue weighted by Gasteiger charge is -2.26. The molecule has 1 aliphatic rings. The van der Waals surface area contributed by atoms with Crippen LogP contribution in [0.1, 0.15) is 25.7 Å². The quantitative estimate of drug-likeness (QED) is 0.738. The van der Waals surface area contributed by atoms with Crippen molar-refractivity contribution >= 4 is 11.6 Å². The molecule has 0 aromatic rings. The van der Waals surface area contributed by atoms with Gasteiger partial charge in [0.05, 0.1) is 12.7 Å². The number of hydrogen-bond acceptors (Lipinski definition) is 2. The topological polar surface area (TPSA) is 35.2 Å². The van der Waals surface area contributed by atoms with Crippen LogP contribution in [0.15, 0.2) is 11.6 Å². The highest BCUT2D eigenvalue weighted by Gasteiger charge is 2.18. The Kier molecular flexibility index (Phi) is 4.66. The lowest BCUT2D eigenvalue weighted by Crippen LogP contribution is -2.32. The van der Waals surface area contributed by atoms with Crippen LogP contribution in [0.25, 0.3) is 0 Å². The summed E-state index contributed by atoms with van der Waals surface area (Å²) in [5.41, 5.74) is 7.29. The zero-order chi connectivity index (χ0) is 8.81. The van der Waals surface area contributed by atoms with Crippen LogP contribution in [-0.4, -0.2) is 18.8 Å². The third-order valence-electron chi connectivity index (χ3n) is 2.18. The third kappa shape index (κ3) is 3.57. The van der Waals surface area contributed by atoms with Crippen LogP contribution < -0.4 is 5.73 Å². The molecule has 0 spiro atoms. The molecule has 2 unspecified atom stereocenters. The molecule has 0 radical (unpaired) electrons. The van der Waals surface area contributed by atoms with Crippen LogP contribution in [0, 0.1) is 0 Å². The van der Waals surface area contributed by atoms with Crippen molar-refractivity contribution in [3.8, 4) is 0 Å². The molecule has 2 nitrogen and oxygen atoms in total. The van der Waals surface area contributed by atoms with Crippen LogP contribution >= 0.6 is 11.6 Å². The van der Waals surface area contributed by atoms with Crippen molar-refractivity contribution in [3.63, 3.8) is 0 Å². The van der Waals surface area contributed by atoms with Crippen molar-refractivity contribution in [3.05, 3.63) is 11.6 Å². The minimum Gasteiger partial charge on any atom is -0.374 e. The molecule has 2 N–H and O–H groups in total. The summed E-state index contributed by atoms with van der Waals surface area (Å²) in [5, 5.41) is 0. The highest BCUT2D eigenvalue weighted by molar-refractivity contribution is 6.25. The maximum atomic E-state index is 5.81. The molecule has 1 aliphatic carbocycles.